The molecule has 3 nitrogen and oxygen atoms in total. The van der Waals surface area contributed by atoms with Crippen molar-refractivity contribution in [2.45, 2.75) is 6.04 Å². The second kappa shape index (κ2) is 5.08. The standard InChI is InChI=1S/C12H15BrN2O/c1-15-7-6-14-11(8-15)12(16)9-2-4-10(13)5-3-9/h2-5,11,14H,6-8H2,1H3. The smallest absolute Gasteiger partial charge is 0.181 e. The molecule has 0 bridgehead atoms. The first-order valence-corrected chi connectivity index (χ1v) is 6.18. The van der Waals surface area contributed by atoms with E-state index in [9.17, 15) is 4.79 Å². The number of ketones is 1. The third-order valence-corrected chi connectivity index (χ3v) is 3.35. The predicted molar refractivity (Wildman–Crippen MR) is 67.8 cm³/mol. The summed E-state index contributed by atoms with van der Waals surface area (Å²) < 4.78 is 0.998. The summed E-state index contributed by atoms with van der Waals surface area (Å²) in [6, 6.07) is 7.46. The fraction of sp³-hybridized carbons (Fsp3) is 0.417. The highest BCUT2D eigenvalue weighted by atomic mass is 79.9. The van der Waals surface area contributed by atoms with E-state index in [0.717, 1.165) is 29.7 Å². The van der Waals surface area contributed by atoms with Crippen molar-refractivity contribution in [3.8, 4) is 0 Å². The lowest BCUT2D eigenvalue weighted by Gasteiger charge is -2.29. The maximum Gasteiger partial charge on any atom is 0.181 e. The first kappa shape index (κ1) is 11.8. The van der Waals surface area contributed by atoms with Crippen LogP contribution in [0.4, 0.5) is 0 Å². The molecular weight excluding hydrogens is 268 g/mol. The maximum absolute atomic E-state index is 12.2. The van der Waals surface area contributed by atoms with E-state index in [1.165, 1.54) is 0 Å². The first-order valence-electron chi connectivity index (χ1n) is 5.38. The number of carbonyl (C=O) groups excluding carboxylic acids is 1. The molecule has 1 saturated heterocycles. The lowest BCUT2D eigenvalue weighted by molar-refractivity contribution is 0.0894. The van der Waals surface area contributed by atoms with Crippen LogP contribution in [0.3, 0.4) is 0 Å². The number of nitrogens with zero attached hydrogens (tertiary/aromatic N) is 1. The van der Waals surface area contributed by atoms with Crippen LogP contribution >= 0.6 is 15.9 Å². The Morgan fingerprint density at radius 1 is 1.44 bits per heavy atom. The van der Waals surface area contributed by atoms with E-state index in [2.05, 4.69) is 26.1 Å². The molecule has 0 saturated carbocycles. The number of benzene rings is 1. The molecule has 1 aliphatic heterocycles. The Morgan fingerprint density at radius 2 is 2.12 bits per heavy atom. The second-order valence-electron chi connectivity index (χ2n) is 4.14. The molecule has 0 aliphatic carbocycles. The zero-order chi connectivity index (χ0) is 11.5. The van der Waals surface area contributed by atoms with Crippen molar-refractivity contribution in [1.82, 2.24) is 10.2 Å². The van der Waals surface area contributed by atoms with Crippen LogP contribution in [0, 0.1) is 0 Å². The normalized spacial score (nSPS) is 22.0. The number of nitrogens with one attached hydrogen (secondary N) is 1. The molecule has 0 spiro atoms. The Balaban J connectivity index is 2.09. The average molecular weight is 283 g/mol. The zero-order valence-electron chi connectivity index (χ0n) is 9.24. The van der Waals surface area contributed by atoms with Gasteiger partial charge >= 0.3 is 0 Å². The molecule has 1 fully saturated rings. The van der Waals surface area contributed by atoms with Gasteiger partial charge in [0.15, 0.2) is 5.78 Å². The average Bonchev–Trinajstić information content (AvgIpc) is 2.29. The lowest BCUT2D eigenvalue weighted by Crippen LogP contribution is -2.52. The largest absolute Gasteiger partial charge is 0.305 e. The fourth-order valence-corrected chi connectivity index (χ4v) is 2.15. The molecule has 0 amide bonds. The summed E-state index contributed by atoms with van der Waals surface area (Å²) in [5.41, 5.74) is 0.774. The van der Waals surface area contributed by atoms with Crippen LogP contribution < -0.4 is 5.32 Å². The summed E-state index contributed by atoms with van der Waals surface area (Å²) in [5.74, 6) is 0.180. The van der Waals surface area contributed by atoms with Crippen molar-refractivity contribution < 1.29 is 4.79 Å². The van der Waals surface area contributed by atoms with Gasteiger partial charge in [-0.3, -0.25) is 4.79 Å². The minimum absolute atomic E-state index is 0.0695. The molecule has 4 heteroatoms. The zero-order valence-corrected chi connectivity index (χ0v) is 10.8. The SMILES string of the molecule is CN1CCNC(C(=O)c2ccc(Br)cc2)C1. The molecule has 1 heterocycles. The summed E-state index contributed by atoms with van der Waals surface area (Å²) in [7, 11) is 2.04. The molecule has 16 heavy (non-hydrogen) atoms. The van der Waals surface area contributed by atoms with Crippen LogP contribution in [0.15, 0.2) is 28.7 Å². The molecule has 1 aromatic rings. The van der Waals surface area contributed by atoms with Crippen molar-refractivity contribution in [2.24, 2.45) is 0 Å². The number of rotatable bonds is 2. The van der Waals surface area contributed by atoms with Crippen molar-refractivity contribution in [1.29, 1.82) is 0 Å². The summed E-state index contributed by atoms with van der Waals surface area (Å²) in [4.78, 5) is 14.3. The highest BCUT2D eigenvalue weighted by molar-refractivity contribution is 9.10. The molecule has 0 radical (unpaired) electrons. The van der Waals surface area contributed by atoms with Gasteiger partial charge in [-0.05, 0) is 19.2 Å². The molecule has 1 aliphatic rings. The second-order valence-corrected chi connectivity index (χ2v) is 5.06. The van der Waals surface area contributed by atoms with Crippen LogP contribution in [0.2, 0.25) is 0 Å². The third kappa shape index (κ3) is 2.70. The molecular formula is C12H15BrN2O. The van der Waals surface area contributed by atoms with Crippen LogP contribution in [0.5, 0.6) is 0 Å². The molecule has 1 aromatic carbocycles. The third-order valence-electron chi connectivity index (χ3n) is 2.82. The van der Waals surface area contributed by atoms with E-state index in [1.54, 1.807) is 0 Å². The van der Waals surface area contributed by atoms with Crippen LogP contribution in [0.25, 0.3) is 0 Å². The Bertz CT molecular complexity index is 377. The van der Waals surface area contributed by atoms with Gasteiger partial charge in [0.25, 0.3) is 0 Å². The number of likely N-dealkylation sites (N-methyl/N-ethyl adjacent to an activating group) is 1. The summed E-state index contributed by atoms with van der Waals surface area (Å²) >= 11 is 3.36. The van der Waals surface area contributed by atoms with E-state index in [0.29, 0.717) is 0 Å². The number of hydrogen-bond acceptors (Lipinski definition) is 3. The summed E-state index contributed by atoms with van der Waals surface area (Å²) in [6.07, 6.45) is 0. The van der Waals surface area contributed by atoms with Gasteiger partial charge in [-0.2, -0.15) is 0 Å². The molecule has 1 unspecified atom stereocenters. The first-order chi connectivity index (χ1) is 7.66. The van der Waals surface area contributed by atoms with Gasteiger partial charge in [-0.15, -0.1) is 0 Å². The number of Topliss-reactive ketones (excluding diaryl/α,β-unsaturated/α-hetero) is 1. The molecule has 86 valence electrons. The van der Waals surface area contributed by atoms with Crippen LogP contribution in [0.1, 0.15) is 10.4 Å². The number of carbonyl (C=O) groups is 1. The lowest BCUT2D eigenvalue weighted by atomic mass is 10.0. The van der Waals surface area contributed by atoms with Crippen molar-refractivity contribution in [3.63, 3.8) is 0 Å². The van der Waals surface area contributed by atoms with Gasteiger partial charge in [-0.25, -0.2) is 0 Å². The number of hydrogen-bond donors (Lipinski definition) is 1. The van der Waals surface area contributed by atoms with Gasteiger partial charge in [0, 0.05) is 29.7 Å². The predicted octanol–water partition coefficient (Wildman–Crippen LogP) is 1.54. The van der Waals surface area contributed by atoms with E-state index in [1.807, 2.05) is 31.3 Å². The van der Waals surface area contributed by atoms with Crippen LogP contribution in [-0.4, -0.2) is 43.4 Å². The van der Waals surface area contributed by atoms with E-state index in [-0.39, 0.29) is 11.8 Å². The number of halogens is 1. The molecule has 1 N–H and O–H groups in total. The van der Waals surface area contributed by atoms with Gasteiger partial charge in [-0.1, -0.05) is 28.1 Å². The van der Waals surface area contributed by atoms with E-state index >= 15 is 0 Å². The Morgan fingerprint density at radius 3 is 2.75 bits per heavy atom. The van der Waals surface area contributed by atoms with Crippen molar-refractivity contribution >= 4 is 21.7 Å². The van der Waals surface area contributed by atoms with Crippen LogP contribution in [-0.2, 0) is 0 Å². The summed E-state index contributed by atoms with van der Waals surface area (Å²) in [5, 5.41) is 3.26. The fourth-order valence-electron chi connectivity index (χ4n) is 1.89. The van der Waals surface area contributed by atoms with Gasteiger partial charge in [0.1, 0.15) is 0 Å². The highest BCUT2D eigenvalue weighted by Gasteiger charge is 2.24. The summed E-state index contributed by atoms with van der Waals surface area (Å²) in [6.45, 7) is 2.67. The Kier molecular flexibility index (Phi) is 3.74. The van der Waals surface area contributed by atoms with Gasteiger partial charge < -0.3 is 10.2 Å². The Labute approximate surface area is 104 Å². The number of piperazine rings is 1. The molecule has 0 aromatic heterocycles. The highest BCUT2D eigenvalue weighted by Crippen LogP contribution is 2.13. The van der Waals surface area contributed by atoms with E-state index in [4.69, 9.17) is 0 Å². The van der Waals surface area contributed by atoms with Crippen molar-refractivity contribution in [2.75, 3.05) is 26.7 Å². The van der Waals surface area contributed by atoms with Gasteiger partial charge in [0.2, 0.25) is 0 Å². The van der Waals surface area contributed by atoms with Gasteiger partial charge in [0.05, 0.1) is 6.04 Å². The molecule has 1 atom stereocenters. The van der Waals surface area contributed by atoms with E-state index < -0.39 is 0 Å². The Hall–Kier alpha value is -0.710. The quantitative estimate of drug-likeness (QED) is 0.836. The van der Waals surface area contributed by atoms with Crippen molar-refractivity contribution in [3.05, 3.63) is 34.3 Å². The maximum atomic E-state index is 12.2. The minimum Gasteiger partial charge on any atom is -0.305 e. The monoisotopic (exact) mass is 282 g/mol. The molecule has 2 rings (SSSR count). The minimum atomic E-state index is -0.0695. The topological polar surface area (TPSA) is 32.3 Å².